The zero-order valence-corrected chi connectivity index (χ0v) is 14.0. The summed E-state index contributed by atoms with van der Waals surface area (Å²) in [5.74, 6) is 1.38. The summed E-state index contributed by atoms with van der Waals surface area (Å²) in [5.41, 5.74) is 8.97. The molecule has 0 spiro atoms. The van der Waals surface area contributed by atoms with Crippen molar-refractivity contribution in [3.63, 3.8) is 0 Å². The van der Waals surface area contributed by atoms with E-state index in [0.29, 0.717) is 22.8 Å². The molecule has 0 amide bonds. The molecule has 126 valence electrons. The van der Waals surface area contributed by atoms with E-state index in [9.17, 15) is 4.79 Å². The Kier molecular flexibility index (Phi) is 4.61. The average Bonchev–Trinajstić information content (AvgIpc) is 2.61. The molecule has 0 aliphatic heterocycles. The zero-order chi connectivity index (χ0) is 17.8. The number of nitrogens with one attached hydrogen (secondary N) is 1. The van der Waals surface area contributed by atoms with Gasteiger partial charge in [0.25, 0.3) is 0 Å². The highest BCUT2D eigenvalue weighted by atomic mass is 16.5. The Balaban J connectivity index is 1.80. The number of ketones is 1. The van der Waals surface area contributed by atoms with Crippen molar-refractivity contribution >= 4 is 23.0 Å². The molecule has 0 saturated carbocycles. The largest absolute Gasteiger partial charge is 0.437 e. The zero-order valence-electron chi connectivity index (χ0n) is 14.0. The van der Waals surface area contributed by atoms with E-state index in [-0.39, 0.29) is 11.7 Å². The van der Waals surface area contributed by atoms with Gasteiger partial charge in [0.15, 0.2) is 11.6 Å². The molecule has 3 N–H and O–H groups in total. The molecule has 0 atom stereocenters. The van der Waals surface area contributed by atoms with E-state index in [1.807, 2.05) is 31.2 Å². The van der Waals surface area contributed by atoms with Crippen molar-refractivity contribution in [3.05, 3.63) is 66.0 Å². The summed E-state index contributed by atoms with van der Waals surface area (Å²) in [6.45, 7) is 3.53. The fraction of sp³-hybridized carbons (Fsp3) is 0.105. The fourth-order valence-electron chi connectivity index (χ4n) is 2.20. The summed E-state index contributed by atoms with van der Waals surface area (Å²) < 4.78 is 5.73. The van der Waals surface area contributed by atoms with E-state index in [4.69, 9.17) is 10.5 Å². The monoisotopic (exact) mass is 334 g/mol. The van der Waals surface area contributed by atoms with Crippen LogP contribution in [-0.2, 0) is 0 Å². The van der Waals surface area contributed by atoms with Crippen LogP contribution in [0.2, 0.25) is 0 Å². The molecule has 3 rings (SSSR count). The standard InChI is InChI=1S/C19H18N4O2/c1-12-3-9-16(10-4-12)25-19-17(20)18(21-11-22-19)23-15-7-5-14(6-8-15)13(2)24/h3-11H,20H2,1-2H3,(H,21,22,23). The van der Waals surface area contributed by atoms with Crippen molar-refractivity contribution in [2.45, 2.75) is 13.8 Å². The van der Waals surface area contributed by atoms with Crippen LogP contribution < -0.4 is 15.8 Å². The molecule has 0 bridgehead atoms. The maximum atomic E-state index is 11.3. The minimum Gasteiger partial charge on any atom is -0.437 e. The Morgan fingerprint density at radius 3 is 2.36 bits per heavy atom. The highest BCUT2D eigenvalue weighted by Crippen LogP contribution is 2.31. The molecule has 2 aromatic carbocycles. The lowest BCUT2D eigenvalue weighted by Crippen LogP contribution is -2.03. The van der Waals surface area contributed by atoms with Gasteiger partial charge in [-0.05, 0) is 50.2 Å². The molecule has 1 heterocycles. The van der Waals surface area contributed by atoms with Gasteiger partial charge >= 0.3 is 0 Å². The minimum absolute atomic E-state index is 0.0156. The summed E-state index contributed by atoms with van der Waals surface area (Å²) in [7, 11) is 0. The van der Waals surface area contributed by atoms with Crippen LogP contribution in [0.4, 0.5) is 17.2 Å². The quantitative estimate of drug-likeness (QED) is 0.683. The lowest BCUT2D eigenvalue weighted by Gasteiger charge is -2.12. The smallest absolute Gasteiger partial charge is 0.248 e. The Hall–Kier alpha value is -3.41. The number of hydrogen-bond acceptors (Lipinski definition) is 6. The lowest BCUT2D eigenvalue weighted by molar-refractivity contribution is 0.101. The van der Waals surface area contributed by atoms with Gasteiger partial charge in [0.1, 0.15) is 17.8 Å². The van der Waals surface area contributed by atoms with Gasteiger partial charge < -0.3 is 15.8 Å². The fourth-order valence-corrected chi connectivity index (χ4v) is 2.20. The number of Topliss-reactive ketones (excluding diaryl/α,β-unsaturated/α-hetero) is 1. The Morgan fingerprint density at radius 2 is 1.72 bits per heavy atom. The summed E-state index contributed by atoms with van der Waals surface area (Å²) in [6, 6.07) is 14.7. The first-order chi connectivity index (χ1) is 12.0. The molecule has 0 aliphatic rings. The van der Waals surface area contributed by atoms with Crippen molar-refractivity contribution in [2.24, 2.45) is 0 Å². The lowest BCUT2D eigenvalue weighted by atomic mass is 10.1. The maximum Gasteiger partial charge on any atom is 0.248 e. The van der Waals surface area contributed by atoms with Gasteiger partial charge in [-0.3, -0.25) is 4.79 Å². The SMILES string of the molecule is CC(=O)c1ccc(Nc2ncnc(Oc3ccc(C)cc3)c2N)cc1. The van der Waals surface area contributed by atoms with Crippen molar-refractivity contribution < 1.29 is 9.53 Å². The summed E-state index contributed by atoms with van der Waals surface area (Å²) in [4.78, 5) is 19.6. The first-order valence-electron chi connectivity index (χ1n) is 7.76. The number of nitrogens with two attached hydrogens (primary N) is 1. The van der Waals surface area contributed by atoms with Crippen LogP contribution in [-0.4, -0.2) is 15.8 Å². The molecular formula is C19H18N4O2. The number of hydrogen-bond donors (Lipinski definition) is 2. The number of carbonyl (C=O) groups excluding carboxylic acids is 1. The molecule has 0 radical (unpaired) electrons. The molecule has 1 aromatic heterocycles. The molecule has 6 nitrogen and oxygen atoms in total. The molecule has 6 heteroatoms. The van der Waals surface area contributed by atoms with Gasteiger partial charge in [0, 0.05) is 11.3 Å². The summed E-state index contributed by atoms with van der Waals surface area (Å²) in [5, 5.41) is 3.11. The first kappa shape index (κ1) is 16.4. The third kappa shape index (κ3) is 3.92. The first-order valence-corrected chi connectivity index (χ1v) is 7.76. The van der Waals surface area contributed by atoms with Crippen LogP contribution >= 0.6 is 0 Å². The summed E-state index contributed by atoms with van der Waals surface area (Å²) in [6.07, 6.45) is 1.38. The van der Waals surface area contributed by atoms with Gasteiger partial charge in [0.2, 0.25) is 5.88 Å². The third-order valence-corrected chi connectivity index (χ3v) is 3.64. The number of benzene rings is 2. The Bertz CT molecular complexity index is 890. The van der Waals surface area contributed by atoms with E-state index >= 15 is 0 Å². The van der Waals surface area contributed by atoms with E-state index < -0.39 is 0 Å². The van der Waals surface area contributed by atoms with Crippen molar-refractivity contribution in [3.8, 4) is 11.6 Å². The van der Waals surface area contributed by atoms with E-state index in [1.165, 1.54) is 13.3 Å². The van der Waals surface area contributed by atoms with E-state index in [2.05, 4.69) is 15.3 Å². The minimum atomic E-state index is 0.0156. The van der Waals surface area contributed by atoms with Crippen molar-refractivity contribution in [2.75, 3.05) is 11.1 Å². The van der Waals surface area contributed by atoms with Gasteiger partial charge in [0.05, 0.1) is 0 Å². The number of ether oxygens (including phenoxy) is 1. The predicted octanol–water partition coefficient (Wildman–Crippen LogP) is 4.11. The Labute approximate surface area is 145 Å². The van der Waals surface area contributed by atoms with E-state index in [1.54, 1.807) is 24.3 Å². The number of nitrogen functional groups attached to an aromatic ring is 1. The van der Waals surface area contributed by atoms with Crippen LogP contribution in [0.5, 0.6) is 11.6 Å². The highest BCUT2D eigenvalue weighted by molar-refractivity contribution is 5.94. The molecule has 25 heavy (non-hydrogen) atoms. The van der Waals surface area contributed by atoms with Crippen LogP contribution in [0, 0.1) is 6.92 Å². The van der Waals surface area contributed by atoms with Gasteiger partial charge in [-0.2, -0.15) is 4.98 Å². The summed E-state index contributed by atoms with van der Waals surface area (Å²) >= 11 is 0. The molecule has 3 aromatic rings. The molecule has 0 aliphatic carbocycles. The van der Waals surface area contributed by atoms with E-state index in [0.717, 1.165) is 11.3 Å². The maximum absolute atomic E-state index is 11.3. The number of aromatic nitrogens is 2. The number of anilines is 3. The normalized spacial score (nSPS) is 10.3. The van der Waals surface area contributed by atoms with Crippen LogP contribution in [0.25, 0.3) is 0 Å². The number of rotatable bonds is 5. The second-order valence-electron chi connectivity index (χ2n) is 5.61. The molecule has 0 saturated heterocycles. The predicted molar refractivity (Wildman–Crippen MR) is 97.4 cm³/mol. The molecule has 0 fully saturated rings. The van der Waals surface area contributed by atoms with Crippen LogP contribution in [0.1, 0.15) is 22.8 Å². The number of carbonyl (C=O) groups is 1. The second-order valence-corrected chi connectivity index (χ2v) is 5.61. The van der Waals surface area contributed by atoms with Crippen LogP contribution in [0.15, 0.2) is 54.9 Å². The van der Waals surface area contributed by atoms with Gasteiger partial charge in [-0.25, -0.2) is 4.98 Å². The second kappa shape index (κ2) is 7.00. The Morgan fingerprint density at radius 1 is 1.04 bits per heavy atom. The highest BCUT2D eigenvalue weighted by Gasteiger charge is 2.11. The molecular weight excluding hydrogens is 316 g/mol. The number of aryl methyl sites for hydroxylation is 1. The van der Waals surface area contributed by atoms with Gasteiger partial charge in [-0.1, -0.05) is 17.7 Å². The van der Waals surface area contributed by atoms with Gasteiger partial charge in [-0.15, -0.1) is 0 Å². The molecule has 0 unspecified atom stereocenters. The van der Waals surface area contributed by atoms with Crippen molar-refractivity contribution in [1.82, 2.24) is 9.97 Å². The topological polar surface area (TPSA) is 90.1 Å². The third-order valence-electron chi connectivity index (χ3n) is 3.64. The van der Waals surface area contributed by atoms with Crippen molar-refractivity contribution in [1.29, 1.82) is 0 Å². The van der Waals surface area contributed by atoms with Crippen LogP contribution in [0.3, 0.4) is 0 Å². The average molecular weight is 334 g/mol. The number of nitrogens with zero attached hydrogens (tertiary/aromatic N) is 2.